The Morgan fingerprint density at radius 1 is 1.22 bits per heavy atom. The summed E-state index contributed by atoms with van der Waals surface area (Å²) in [6.45, 7) is 1.62. The highest BCUT2D eigenvalue weighted by Gasteiger charge is 2.24. The Labute approximate surface area is 133 Å². The van der Waals surface area contributed by atoms with E-state index in [9.17, 15) is 14.0 Å². The van der Waals surface area contributed by atoms with Crippen LogP contribution in [0.25, 0.3) is 0 Å². The number of Topliss-reactive ketones (excluding diaryl/α,β-unsaturated/α-hetero) is 1. The Balaban J connectivity index is 1.71. The summed E-state index contributed by atoms with van der Waals surface area (Å²) in [5.41, 5.74) is 1.89. The second-order valence-electron chi connectivity index (χ2n) is 5.47. The molecule has 0 aromatic heterocycles. The molecule has 0 heterocycles. The Morgan fingerprint density at radius 3 is 2.78 bits per heavy atom. The number of ether oxygens (including phenoxy) is 1. The maximum Gasteiger partial charge on any atom is 0.265 e. The van der Waals surface area contributed by atoms with Gasteiger partial charge in [0.05, 0.1) is 0 Å². The fraction of sp³-hybridized carbons (Fsp3) is 0.222. The van der Waals surface area contributed by atoms with Crippen molar-refractivity contribution in [3.63, 3.8) is 0 Å². The third-order valence-corrected chi connectivity index (χ3v) is 3.80. The number of nitrogens with one attached hydrogen (secondary N) is 1. The minimum atomic E-state index is -0.763. The van der Waals surface area contributed by atoms with Crippen molar-refractivity contribution in [2.45, 2.75) is 25.9 Å². The Morgan fingerprint density at radius 2 is 2.00 bits per heavy atom. The Hall–Kier alpha value is -2.69. The number of amides is 1. The van der Waals surface area contributed by atoms with E-state index in [0.717, 1.165) is 5.56 Å². The molecule has 1 N–H and O–H groups in total. The number of rotatable bonds is 4. The van der Waals surface area contributed by atoms with E-state index in [4.69, 9.17) is 4.74 Å². The van der Waals surface area contributed by atoms with Gasteiger partial charge in [-0.2, -0.15) is 0 Å². The summed E-state index contributed by atoms with van der Waals surface area (Å²) in [6, 6.07) is 10.9. The predicted octanol–water partition coefficient (Wildman–Crippen LogP) is 3.36. The van der Waals surface area contributed by atoms with Crippen molar-refractivity contribution in [2.24, 2.45) is 0 Å². The number of benzene rings is 2. The molecule has 0 saturated carbocycles. The highest BCUT2D eigenvalue weighted by Crippen LogP contribution is 2.31. The number of halogens is 1. The van der Waals surface area contributed by atoms with Gasteiger partial charge in [0.1, 0.15) is 11.6 Å². The van der Waals surface area contributed by atoms with Crippen molar-refractivity contribution in [3.05, 3.63) is 59.4 Å². The molecule has 0 radical (unpaired) electrons. The van der Waals surface area contributed by atoms with Gasteiger partial charge < -0.3 is 10.1 Å². The molecule has 23 heavy (non-hydrogen) atoms. The largest absolute Gasteiger partial charge is 0.481 e. The van der Waals surface area contributed by atoms with Crippen LogP contribution in [-0.2, 0) is 11.2 Å². The van der Waals surface area contributed by atoms with Gasteiger partial charge in [-0.25, -0.2) is 4.39 Å². The first-order valence-electron chi connectivity index (χ1n) is 7.43. The van der Waals surface area contributed by atoms with E-state index < -0.39 is 11.9 Å². The molecule has 2 aromatic rings. The number of hydrogen-bond donors (Lipinski definition) is 1. The molecule has 1 atom stereocenters. The molecule has 1 aliphatic carbocycles. The minimum absolute atomic E-state index is 0.0994. The molecule has 3 rings (SSSR count). The zero-order chi connectivity index (χ0) is 16.4. The highest BCUT2D eigenvalue weighted by molar-refractivity contribution is 6.01. The summed E-state index contributed by atoms with van der Waals surface area (Å²) < 4.78 is 18.8. The van der Waals surface area contributed by atoms with Crippen LogP contribution >= 0.6 is 0 Å². The molecule has 5 heteroatoms. The van der Waals surface area contributed by atoms with Crippen molar-refractivity contribution in [2.75, 3.05) is 5.32 Å². The summed E-state index contributed by atoms with van der Waals surface area (Å²) in [4.78, 5) is 23.9. The number of ketones is 1. The minimum Gasteiger partial charge on any atom is -0.481 e. The van der Waals surface area contributed by atoms with E-state index in [0.29, 0.717) is 29.8 Å². The molecule has 1 aliphatic rings. The van der Waals surface area contributed by atoms with Crippen molar-refractivity contribution >= 4 is 17.4 Å². The van der Waals surface area contributed by atoms with Crippen LogP contribution in [0.2, 0.25) is 0 Å². The van der Waals surface area contributed by atoms with Crippen LogP contribution < -0.4 is 10.1 Å². The second-order valence-corrected chi connectivity index (χ2v) is 5.47. The summed E-state index contributed by atoms with van der Waals surface area (Å²) in [7, 11) is 0. The van der Waals surface area contributed by atoms with Crippen LogP contribution in [0.1, 0.15) is 29.3 Å². The SMILES string of the molecule is C[C@@H](Oc1cccc2c1CCC2=O)C(=O)Nc1cccc(F)c1. The molecule has 2 aromatic carbocycles. The summed E-state index contributed by atoms with van der Waals surface area (Å²) in [6.07, 6.45) is 0.336. The zero-order valence-electron chi connectivity index (χ0n) is 12.6. The monoisotopic (exact) mass is 313 g/mol. The highest BCUT2D eigenvalue weighted by atomic mass is 19.1. The summed E-state index contributed by atoms with van der Waals surface area (Å²) in [5.74, 6) is -0.147. The van der Waals surface area contributed by atoms with Gasteiger partial charge in [0.15, 0.2) is 11.9 Å². The second kappa shape index (κ2) is 6.20. The first kappa shape index (κ1) is 15.2. The molecule has 0 aliphatic heterocycles. The molecule has 0 saturated heterocycles. The lowest BCUT2D eigenvalue weighted by atomic mass is 10.1. The van der Waals surface area contributed by atoms with Crippen LogP contribution in [0.15, 0.2) is 42.5 Å². The normalized spacial score (nSPS) is 14.3. The van der Waals surface area contributed by atoms with E-state index in [-0.39, 0.29) is 11.7 Å². The number of fused-ring (bicyclic) bond motifs is 1. The number of hydrogen-bond acceptors (Lipinski definition) is 3. The Bertz CT molecular complexity index is 773. The molecular weight excluding hydrogens is 297 g/mol. The van der Waals surface area contributed by atoms with Crippen molar-refractivity contribution in [1.82, 2.24) is 0 Å². The van der Waals surface area contributed by atoms with Crippen LogP contribution in [0, 0.1) is 5.82 Å². The smallest absolute Gasteiger partial charge is 0.265 e. The van der Waals surface area contributed by atoms with Gasteiger partial charge in [0.2, 0.25) is 0 Å². The molecular formula is C18H16FNO3. The van der Waals surface area contributed by atoms with Gasteiger partial charge in [0, 0.05) is 23.2 Å². The van der Waals surface area contributed by atoms with Gasteiger partial charge in [-0.3, -0.25) is 9.59 Å². The Kier molecular flexibility index (Phi) is 4.10. The molecule has 0 fully saturated rings. The fourth-order valence-electron chi connectivity index (χ4n) is 2.62. The van der Waals surface area contributed by atoms with Gasteiger partial charge in [-0.15, -0.1) is 0 Å². The third kappa shape index (κ3) is 3.23. The average molecular weight is 313 g/mol. The van der Waals surface area contributed by atoms with Gasteiger partial charge in [0.25, 0.3) is 5.91 Å². The van der Waals surface area contributed by atoms with Crippen LogP contribution in [0.4, 0.5) is 10.1 Å². The van der Waals surface area contributed by atoms with Crippen molar-refractivity contribution < 1.29 is 18.7 Å². The summed E-state index contributed by atoms with van der Waals surface area (Å²) in [5, 5.41) is 2.61. The topological polar surface area (TPSA) is 55.4 Å². The van der Waals surface area contributed by atoms with E-state index in [1.54, 1.807) is 31.2 Å². The zero-order valence-corrected chi connectivity index (χ0v) is 12.6. The number of carbonyl (C=O) groups is 2. The maximum atomic E-state index is 13.1. The van der Waals surface area contributed by atoms with E-state index in [1.807, 2.05) is 0 Å². The summed E-state index contributed by atoms with van der Waals surface area (Å²) >= 11 is 0. The van der Waals surface area contributed by atoms with E-state index in [1.165, 1.54) is 18.2 Å². The van der Waals surface area contributed by atoms with Crippen molar-refractivity contribution in [3.8, 4) is 5.75 Å². The first-order chi connectivity index (χ1) is 11.0. The lowest BCUT2D eigenvalue weighted by Crippen LogP contribution is -2.30. The predicted molar refractivity (Wildman–Crippen MR) is 84.2 cm³/mol. The van der Waals surface area contributed by atoms with Crippen LogP contribution in [0.3, 0.4) is 0 Å². The van der Waals surface area contributed by atoms with E-state index in [2.05, 4.69) is 5.32 Å². The van der Waals surface area contributed by atoms with Gasteiger partial charge in [-0.1, -0.05) is 18.2 Å². The van der Waals surface area contributed by atoms with Crippen molar-refractivity contribution in [1.29, 1.82) is 0 Å². The van der Waals surface area contributed by atoms with Gasteiger partial charge in [-0.05, 0) is 37.6 Å². The average Bonchev–Trinajstić information content (AvgIpc) is 2.90. The maximum absolute atomic E-state index is 13.1. The molecule has 0 spiro atoms. The molecule has 0 bridgehead atoms. The standard InChI is InChI=1S/C18H16FNO3/c1-11(18(22)20-13-5-2-4-12(19)10-13)23-17-7-3-6-14-15(17)8-9-16(14)21/h2-7,10-11H,8-9H2,1H3,(H,20,22)/t11-/m1/s1. The lowest BCUT2D eigenvalue weighted by molar-refractivity contribution is -0.122. The molecule has 0 unspecified atom stereocenters. The fourth-order valence-corrected chi connectivity index (χ4v) is 2.62. The quantitative estimate of drug-likeness (QED) is 0.941. The molecule has 118 valence electrons. The van der Waals surface area contributed by atoms with E-state index >= 15 is 0 Å². The van der Waals surface area contributed by atoms with Gasteiger partial charge >= 0.3 is 0 Å². The van der Waals surface area contributed by atoms with Crippen LogP contribution in [-0.4, -0.2) is 17.8 Å². The third-order valence-electron chi connectivity index (χ3n) is 3.80. The lowest BCUT2D eigenvalue weighted by Gasteiger charge is -2.17. The number of anilines is 1. The molecule has 4 nitrogen and oxygen atoms in total. The molecule has 1 amide bonds. The number of carbonyl (C=O) groups excluding carboxylic acids is 2. The van der Waals surface area contributed by atoms with Crippen LogP contribution in [0.5, 0.6) is 5.75 Å². The first-order valence-corrected chi connectivity index (χ1v) is 7.43.